The van der Waals surface area contributed by atoms with Crippen LogP contribution < -0.4 is 10.1 Å². The summed E-state index contributed by atoms with van der Waals surface area (Å²) in [5, 5.41) is 4.00. The molecule has 0 saturated carbocycles. The molecule has 5 heteroatoms. The van der Waals surface area contributed by atoms with Gasteiger partial charge in [-0.1, -0.05) is 17.5 Å². The van der Waals surface area contributed by atoms with Gasteiger partial charge < -0.3 is 14.8 Å². The first kappa shape index (κ1) is 18.1. The Labute approximate surface area is 126 Å². The molecule has 3 nitrogen and oxygen atoms in total. The van der Waals surface area contributed by atoms with Gasteiger partial charge in [0.1, 0.15) is 12.4 Å². The van der Waals surface area contributed by atoms with Crippen LogP contribution in [0.4, 0.5) is 0 Å². The Bertz CT molecular complexity index is 405. The van der Waals surface area contributed by atoms with Crippen LogP contribution >= 0.6 is 24.0 Å². The molecule has 0 aromatic heterocycles. The molecule has 0 unspecified atom stereocenters. The Morgan fingerprint density at radius 2 is 2.21 bits per heavy atom. The molecule has 0 radical (unpaired) electrons. The second-order valence-electron chi connectivity index (χ2n) is 3.77. The zero-order valence-electron chi connectivity index (χ0n) is 10.9. The van der Waals surface area contributed by atoms with Gasteiger partial charge in [0.25, 0.3) is 0 Å². The minimum absolute atomic E-state index is 0. The van der Waals surface area contributed by atoms with Crippen LogP contribution in [0.3, 0.4) is 0 Å². The largest absolute Gasteiger partial charge is 0.481 e. The zero-order chi connectivity index (χ0) is 13.2. The Hall–Kier alpha value is -0.920. The minimum atomic E-state index is 0. The second kappa shape index (κ2) is 11.0. The Morgan fingerprint density at radius 3 is 2.89 bits per heavy atom. The third-order valence-electron chi connectivity index (χ3n) is 2.35. The number of ether oxygens (including phenoxy) is 2. The number of rotatable bonds is 8. The quantitative estimate of drug-likeness (QED) is 0.592. The van der Waals surface area contributed by atoms with Gasteiger partial charge in [-0.3, -0.25) is 0 Å². The van der Waals surface area contributed by atoms with Crippen LogP contribution in [0.5, 0.6) is 5.75 Å². The van der Waals surface area contributed by atoms with Crippen molar-refractivity contribution in [2.45, 2.75) is 13.0 Å². The third kappa shape index (κ3) is 7.29. The van der Waals surface area contributed by atoms with Gasteiger partial charge >= 0.3 is 0 Å². The van der Waals surface area contributed by atoms with Crippen LogP contribution in [0.1, 0.15) is 12.0 Å². The second-order valence-corrected chi connectivity index (χ2v) is 4.20. The van der Waals surface area contributed by atoms with Crippen molar-refractivity contribution < 1.29 is 9.47 Å². The molecule has 0 atom stereocenters. The molecule has 0 fully saturated rings. The van der Waals surface area contributed by atoms with Crippen molar-refractivity contribution in [3.8, 4) is 18.1 Å². The van der Waals surface area contributed by atoms with Crippen LogP contribution in [0, 0.1) is 12.3 Å². The van der Waals surface area contributed by atoms with E-state index in [4.69, 9.17) is 27.5 Å². The first-order valence-corrected chi connectivity index (χ1v) is 6.20. The van der Waals surface area contributed by atoms with E-state index in [2.05, 4.69) is 11.2 Å². The van der Waals surface area contributed by atoms with Gasteiger partial charge in [0.15, 0.2) is 0 Å². The lowest BCUT2D eigenvalue weighted by Crippen LogP contribution is -2.16. The molecule has 0 aliphatic heterocycles. The van der Waals surface area contributed by atoms with Crippen LogP contribution in [0.15, 0.2) is 18.2 Å². The van der Waals surface area contributed by atoms with Gasteiger partial charge in [0, 0.05) is 30.8 Å². The van der Waals surface area contributed by atoms with Gasteiger partial charge in [-0.15, -0.1) is 18.8 Å². The normalized spacial score (nSPS) is 9.53. The SMILES string of the molecule is C#CCOc1ccc(Cl)cc1CNCCCOC.Cl. The van der Waals surface area contributed by atoms with Gasteiger partial charge in [0.05, 0.1) is 0 Å². The summed E-state index contributed by atoms with van der Waals surface area (Å²) in [7, 11) is 1.70. The molecule has 106 valence electrons. The predicted octanol–water partition coefficient (Wildman–Crippen LogP) is 2.90. The van der Waals surface area contributed by atoms with Crippen molar-refractivity contribution in [3.63, 3.8) is 0 Å². The molecular formula is C14H19Cl2NO2. The van der Waals surface area contributed by atoms with Crippen molar-refractivity contribution >= 4 is 24.0 Å². The molecule has 0 spiro atoms. The number of terminal acetylenes is 1. The zero-order valence-corrected chi connectivity index (χ0v) is 12.5. The van der Waals surface area contributed by atoms with E-state index in [1.54, 1.807) is 13.2 Å². The van der Waals surface area contributed by atoms with Crippen molar-refractivity contribution in [2.24, 2.45) is 0 Å². The molecule has 1 aromatic rings. The van der Waals surface area contributed by atoms with E-state index in [0.29, 0.717) is 11.6 Å². The summed E-state index contributed by atoms with van der Waals surface area (Å²) in [5.74, 6) is 3.22. The third-order valence-corrected chi connectivity index (χ3v) is 2.59. The van der Waals surface area contributed by atoms with Crippen LogP contribution in [-0.4, -0.2) is 26.9 Å². The van der Waals surface area contributed by atoms with E-state index in [9.17, 15) is 0 Å². The molecular weight excluding hydrogens is 285 g/mol. The summed E-state index contributed by atoms with van der Waals surface area (Å²) in [5.41, 5.74) is 1.01. The van der Waals surface area contributed by atoms with Crippen molar-refractivity contribution in [2.75, 3.05) is 26.9 Å². The molecule has 0 saturated heterocycles. The molecule has 0 aliphatic carbocycles. The smallest absolute Gasteiger partial charge is 0.148 e. The topological polar surface area (TPSA) is 30.5 Å². The maximum atomic E-state index is 5.97. The summed E-state index contributed by atoms with van der Waals surface area (Å²) >= 11 is 5.97. The van der Waals surface area contributed by atoms with E-state index in [1.165, 1.54) is 0 Å². The van der Waals surface area contributed by atoms with Crippen molar-refractivity contribution in [1.82, 2.24) is 5.32 Å². The average Bonchev–Trinajstić information content (AvgIpc) is 2.37. The Kier molecular flexibility index (Phi) is 10.4. The standard InChI is InChI=1S/C14H18ClNO2.ClH/c1-3-8-18-14-6-5-13(15)10-12(14)11-16-7-4-9-17-2;/h1,5-6,10,16H,4,7-9,11H2,2H3;1H. The minimum Gasteiger partial charge on any atom is -0.481 e. The lowest BCUT2D eigenvalue weighted by Gasteiger charge is -2.11. The molecule has 1 rings (SSSR count). The number of methoxy groups -OCH3 is 1. The van der Waals surface area contributed by atoms with E-state index >= 15 is 0 Å². The molecule has 1 N–H and O–H groups in total. The highest BCUT2D eigenvalue weighted by molar-refractivity contribution is 6.30. The fraction of sp³-hybridized carbons (Fsp3) is 0.429. The highest BCUT2D eigenvalue weighted by atomic mass is 35.5. The number of halogens is 2. The summed E-state index contributed by atoms with van der Waals surface area (Å²) in [6.45, 7) is 2.60. The molecule has 0 heterocycles. The predicted molar refractivity (Wildman–Crippen MR) is 81.2 cm³/mol. The van der Waals surface area contributed by atoms with Crippen LogP contribution in [0.2, 0.25) is 5.02 Å². The van der Waals surface area contributed by atoms with Gasteiger partial charge in [-0.2, -0.15) is 0 Å². The molecule has 1 aromatic carbocycles. The lowest BCUT2D eigenvalue weighted by molar-refractivity contribution is 0.194. The fourth-order valence-electron chi connectivity index (χ4n) is 1.51. The maximum Gasteiger partial charge on any atom is 0.148 e. The molecule has 19 heavy (non-hydrogen) atoms. The summed E-state index contributed by atoms with van der Waals surface area (Å²) in [4.78, 5) is 0. The Morgan fingerprint density at radius 1 is 1.42 bits per heavy atom. The van der Waals surface area contributed by atoms with Gasteiger partial charge in [0.2, 0.25) is 0 Å². The van der Waals surface area contributed by atoms with Crippen LogP contribution in [-0.2, 0) is 11.3 Å². The Balaban J connectivity index is 0.00000324. The number of hydrogen-bond donors (Lipinski definition) is 1. The molecule has 0 aliphatic rings. The fourth-order valence-corrected chi connectivity index (χ4v) is 1.71. The summed E-state index contributed by atoms with van der Waals surface area (Å²) in [6, 6.07) is 5.52. The number of nitrogens with one attached hydrogen (secondary N) is 1. The molecule has 0 amide bonds. The first-order chi connectivity index (χ1) is 8.77. The van der Waals surface area contributed by atoms with Crippen molar-refractivity contribution in [1.29, 1.82) is 0 Å². The van der Waals surface area contributed by atoms with Crippen LogP contribution in [0.25, 0.3) is 0 Å². The highest BCUT2D eigenvalue weighted by Crippen LogP contribution is 2.22. The van der Waals surface area contributed by atoms with E-state index in [-0.39, 0.29) is 19.0 Å². The first-order valence-electron chi connectivity index (χ1n) is 5.82. The van der Waals surface area contributed by atoms with E-state index in [0.717, 1.165) is 30.9 Å². The molecule has 0 bridgehead atoms. The summed E-state index contributed by atoms with van der Waals surface area (Å²) in [6.07, 6.45) is 6.15. The lowest BCUT2D eigenvalue weighted by atomic mass is 10.2. The van der Waals surface area contributed by atoms with E-state index < -0.39 is 0 Å². The number of benzene rings is 1. The van der Waals surface area contributed by atoms with Gasteiger partial charge in [-0.25, -0.2) is 0 Å². The monoisotopic (exact) mass is 303 g/mol. The van der Waals surface area contributed by atoms with Gasteiger partial charge in [-0.05, 0) is 31.2 Å². The number of hydrogen-bond acceptors (Lipinski definition) is 3. The van der Waals surface area contributed by atoms with E-state index in [1.807, 2.05) is 12.1 Å². The summed E-state index contributed by atoms with van der Waals surface area (Å²) < 4.78 is 10.4. The highest BCUT2D eigenvalue weighted by Gasteiger charge is 2.04. The van der Waals surface area contributed by atoms with Crippen molar-refractivity contribution in [3.05, 3.63) is 28.8 Å². The maximum absolute atomic E-state index is 5.97. The average molecular weight is 304 g/mol.